The second kappa shape index (κ2) is 9.80. The summed E-state index contributed by atoms with van der Waals surface area (Å²) in [4.78, 5) is 4.75. The maximum atomic E-state index is 11.0. The molecule has 1 aromatic heterocycles. The molecule has 1 atom stereocenters. The summed E-state index contributed by atoms with van der Waals surface area (Å²) >= 11 is 0. The number of nitrogens with zero attached hydrogens (tertiary/aromatic N) is 2. The number of para-hydroxylation sites is 3. The Morgan fingerprint density at radius 2 is 1.58 bits per heavy atom. The molecule has 0 amide bonds. The Hall–Kier alpha value is -3.11. The summed E-state index contributed by atoms with van der Waals surface area (Å²) in [6.07, 6.45) is 1.13. The molecule has 0 aliphatic rings. The number of imidazole rings is 1. The van der Waals surface area contributed by atoms with Crippen LogP contribution in [0.3, 0.4) is 0 Å². The van der Waals surface area contributed by atoms with E-state index in [9.17, 15) is 5.11 Å². The predicted octanol–water partition coefficient (Wildman–Crippen LogP) is 6.10. The van der Waals surface area contributed by atoms with E-state index in [0.717, 1.165) is 41.7 Å². The van der Waals surface area contributed by atoms with Gasteiger partial charge in [-0.1, -0.05) is 74.5 Å². The highest BCUT2D eigenvalue weighted by Gasteiger charge is 2.19. The lowest BCUT2D eigenvalue weighted by molar-refractivity contribution is 0.204. The van der Waals surface area contributed by atoms with Gasteiger partial charge in [-0.15, -0.1) is 0 Å². The van der Waals surface area contributed by atoms with Gasteiger partial charge < -0.3 is 14.4 Å². The fourth-order valence-corrected chi connectivity index (χ4v) is 3.97. The van der Waals surface area contributed by atoms with E-state index >= 15 is 0 Å². The fraction of sp³-hybridized carbons (Fsp3) is 0.296. The summed E-state index contributed by atoms with van der Waals surface area (Å²) in [5, 5.41) is 11.0. The van der Waals surface area contributed by atoms with Crippen LogP contribution in [0.25, 0.3) is 11.0 Å². The number of aliphatic hydroxyl groups excluding tert-OH is 1. The normalized spacial score (nSPS) is 12.4. The number of benzene rings is 3. The van der Waals surface area contributed by atoms with Crippen molar-refractivity contribution >= 4 is 11.0 Å². The molecular weight excluding hydrogens is 384 g/mol. The molecule has 0 aliphatic heterocycles. The van der Waals surface area contributed by atoms with E-state index < -0.39 is 6.10 Å². The van der Waals surface area contributed by atoms with Gasteiger partial charge in [-0.3, -0.25) is 0 Å². The highest BCUT2D eigenvalue weighted by molar-refractivity contribution is 5.76. The summed E-state index contributed by atoms with van der Waals surface area (Å²) in [5.41, 5.74) is 4.07. The van der Waals surface area contributed by atoms with Gasteiger partial charge >= 0.3 is 0 Å². The van der Waals surface area contributed by atoms with E-state index in [1.54, 1.807) is 0 Å². The van der Waals surface area contributed by atoms with Crippen LogP contribution in [-0.4, -0.2) is 21.3 Å². The Balaban J connectivity index is 1.45. The van der Waals surface area contributed by atoms with Crippen molar-refractivity contribution in [2.45, 2.75) is 45.3 Å². The smallest absolute Gasteiger partial charge is 0.143 e. The molecule has 0 spiro atoms. The quantitative estimate of drug-likeness (QED) is 0.337. The Labute approximate surface area is 184 Å². The molecule has 31 heavy (non-hydrogen) atoms. The minimum Gasteiger partial charge on any atom is -0.493 e. The summed E-state index contributed by atoms with van der Waals surface area (Å²) in [7, 11) is 0. The summed E-state index contributed by atoms with van der Waals surface area (Å²) in [6.45, 7) is 5.83. The molecule has 0 aliphatic carbocycles. The molecule has 0 bridgehead atoms. The number of hydrogen-bond donors (Lipinski definition) is 1. The largest absolute Gasteiger partial charge is 0.493 e. The number of hydrogen-bond acceptors (Lipinski definition) is 3. The fourth-order valence-electron chi connectivity index (χ4n) is 3.97. The Bertz CT molecular complexity index is 1120. The lowest BCUT2D eigenvalue weighted by Crippen LogP contribution is -2.11. The molecule has 0 fully saturated rings. The van der Waals surface area contributed by atoms with Crippen LogP contribution in [0.4, 0.5) is 0 Å². The first kappa shape index (κ1) is 21.1. The minimum atomic E-state index is -0.747. The van der Waals surface area contributed by atoms with Gasteiger partial charge in [0.1, 0.15) is 17.7 Å². The average Bonchev–Trinajstić information content (AvgIpc) is 3.17. The summed E-state index contributed by atoms with van der Waals surface area (Å²) < 4.78 is 8.23. The Morgan fingerprint density at radius 3 is 2.39 bits per heavy atom. The monoisotopic (exact) mass is 414 g/mol. The summed E-state index contributed by atoms with van der Waals surface area (Å²) in [6, 6.07) is 26.1. The predicted molar refractivity (Wildman–Crippen MR) is 125 cm³/mol. The first-order chi connectivity index (χ1) is 15.1. The van der Waals surface area contributed by atoms with E-state index in [0.29, 0.717) is 18.3 Å². The van der Waals surface area contributed by atoms with Crippen molar-refractivity contribution in [1.29, 1.82) is 0 Å². The third-order valence-corrected chi connectivity index (χ3v) is 5.62. The number of fused-ring (bicyclic) bond motifs is 1. The van der Waals surface area contributed by atoms with Crippen LogP contribution in [0.1, 0.15) is 55.7 Å². The van der Waals surface area contributed by atoms with Crippen molar-refractivity contribution in [3.8, 4) is 5.75 Å². The van der Waals surface area contributed by atoms with Crippen molar-refractivity contribution in [2.75, 3.05) is 6.61 Å². The van der Waals surface area contributed by atoms with E-state index in [2.05, 4.69) is 36.6 Å². The topological polar surface area (TPSA) is 47.3 Å². The highest BCUT2D eigenvalue weighted by Crippen LogP contribution is 2.27. The van der Waals surface area contributed by atoms with E-state index in [4.69, 9.17) is 9.72 Å². The lowest BCUT2D eigenvalue weighted by Gasteiger charge is -2.15. The number of aromatic nitrogens is 2. The van der Waals surface area contributed by atoms with Crippen LogP contribution in [-0.2, 0) is 6.54 Å². The molecule has 0 radical (unpaired) electrons. The molecule has 160 valence electrons. The molecule has 3 aromatic carbocycles. The van der Waals surface area contributed by atoms with Crippen LogP contribution >= 0.6 is 0 Å². The van der Waals surface area contributed by atoms with Crippen LogP contribution in [0.15, 0.2) is 78.9 Å². The second-order valence-electron chi connectivity index (χ2n) is 8.17. The maximum Gasteiger partial charge on any atom is 0.143 e. The lowest BCUT2D eigenvalue weighted by atomic mass is 10.0. The average molecular weight is 415 g/mol. The zero-order valence-electron chi connectivity index (χ0n) is 18.2. The van der Waals surface area contributed by atoms with E-state index in [1.807, 2.05) is 60.7 Å². The number of rotatable bonds is 9. The first-order valence-corrected chi connectivity index (χ1v) is 11.0. The molecule has 0 saturated heterocycles. The maximum absolute atomic E-state index is 11.0. The van der Waals surface area contributed by atoms with Crippen molar-refractivity contribution in [2.24, 2.45) is 0 Å². The molecular formula is C27H30N2O2. The standard InChI is InChI=1S/C27H30N2O2/c1-20(2)22-14-6-9-17-25(22)31-19-11-10-18-29-24-16-8-7-15-23(24)28-27(29)26(30)21-12-4-3-5-13-21/h3-9,12-17,20,26,30H,10-11,18-19H2,1-2H3. The number of aliphatic hydroxyl groups is 1. The van der Waals surface area contributed by atoms with Crippen LogP contribution in [0.2, 0.25) is 0 Å². The second-order valence-corrected chi connectivity index (χ2v) is 8.17. The van der Waals surface area contributed by atoms with Gasteiger partial charge in [-0.05, 0) is 48.1 Å². The number of aryl methyl sites for hydroxylation is 1. The molecule has 4 rings (SSSR count). The van der Waals surface area contributed by atoms with Gasteiger partial charge in [0.2, 0.25) is 0 Å². The molecule has 4 heteroatoms. The Kier molecular flexibility index (Phi) is 6.68. The highest BCUT2D eigenvalue weighted by atomic mass is 16.5. The number of unbranched alkanes of at least 4 members (excludes halogenated alkanes) is 1. The minimum absolute atomic E-state index is 0.440. The molecule has 1 N–H and O–H groups in total. The van der Waals surface area contributed by atoms with Crippen LogP contribution in [0.5, 0.6) is 5.75 Å². The van der Waals surface area contributed by atoms with E-state index in [-0.39, 0.29) is 0 Å². The van der Waals surface area contributed by atoms with Gasteiger partial charge in [-0.25, -0.2) is 4.98 Å². The first-order valence-electron chi connectivity index (χ1n) is 11.0. The molecule has 4 nitrogen and oxygen atoms in total. The van der Waals surface area contributed by atoms with Gasteiger partial charge in [0.25, 0.3) is 0 Å². The van der Waals surface area contributed by atoms with Crippen molar-refractivity contribution < 1.29 is 9.84 Å². The molecule has 1 heterocycles. The van der Waals surface area contributed by atoms with Gasteiger partial charge in [0.05, 0.1) is 17.6 Å². The van der Waals surface area contributed by atoms with Crippen molar-refractivity contribution in [1.82, 2.24) is 9.55 Å². The third kappa shape index (κ3) is 4.80. The van der Waals surface area contributed by atoms with Gasteiger partial charge in [0.15, 0.2) is 0 Å². The third-order valence-electron chi connectivity index (χ3n) is 5.62. The van der Waals surface area contributed by atoms with Gasteiger partial charge in [0, 0.05) is 6.54 Å². The molecule has 4 aromatic rings. The van der Waals surface area contributed by atoms with Crippen molar-refractivity contribution in [3.63, 3.8) is 0 Å². The van der Waals surface area contributed by atoms with E-state index in [1.165, 1.54) is 5.56 Å². The van der Waals surface area contributed by atoms with Crippen LogP contribution in [0, 0.1) is 0 Å². The molecule has 0 saturated carbocycles. The molecule has 1 unspecified atom stereocenters. The zero-order chi connectivity index (χ0) is 21.6. The Morgan fingerprint density at radius 1 is 0.871 bits per heavy atom. The van der Waals surface area contributed by atoms with Crippen LogP contribution < -0.4 is 4.74 Å². The number of ether oxygens (including phenoxy) is 1. The van der Waals surface area contributed by atoms with Crippen molar-refractivity contribution in [3.05, 3.63) is 95.8 Å². The van der Waals surface area contributed by atoms with Gasteiger partial charge in [-0.2, -0.15) is 0 Å². The zero-order valence-corrected chi connectivity index (χ0v) is 18.2. The summed E-state index contributed by atoms with van der Waals surface area (Å²) in [5.74, 6) is 2.11. The SMILES string of the molecule is CC(C)c1ccccc1OCCCCn1c(C(O)c2ccccc2)nc2ccccc21.